The van der Waals surface area contributed by atoms with Gasteiger partial charge in [0, 0.05) is 11.5 Å². The zero-order valence-electron chi connectivity index (χ0n) is 5.71. The molecule has 0 aromatic carbocycles. The first kappa shape index (κ1) is 9.14. The van der Waals surface area contributed by atoms with Crippen LogP contribution in [0.1, 0.15) is 6.92 Å². The number of rotatable bonds is 4. The van der Waals surface area contributed by atoms with Crippen LogP contribution in [0.15, 0.2) is 0 Å². The van der Waals surface area contributed by atoms with E-state index in [2.05, 4.69) is 0 Å². The average molecular weight is 150 g/mol. The Bertz CT molecular complexity index is 83.1. The van der Waals surface area contributed by atoms with Crippen molar-refractivity contribution in [1.29, 1.82) is 0 Å². The summed E-state index contributed by atoms with van der Waals surface area (Å²) in [6, 6.07) is 0. The number of aliphatic hydroxyl groups is 2. The Morgan fingerprint density at radius 1 is 1.22 bits per heavy atom. The van der Waals surface area contributed by atoms with Gasteiger partial charge in [0.2, 0.25) is 0 Å². The molecule has 0 aromatic heterocycles. The smallest absolute Gasteiger partial charge is 0.0517 e. The van der Waals surface area contributed by atoms with Gasteiger partial charge in [-0.3, -0.25) is 0 Å². The normalized spacial score (nSPS) is 10.2. The predicted molar refractivity (Wildman–Crippen MR) is 43.2 cm³/mol. The molecule has 9 heavy (non-hydrogen) atoms. The number of aliphatic hydroxyl groups excluding tert-OH is 2. The van der Waals surface area contributed by atoms with E-state index < -0.39 is 0 Å². The molecule has 0 fully saturated rings. The van der Waals surface area contributed by atoms with Crippen LogP contribution >= 0.6 is 10.5 Å². The highest BCUT2D eigenvalue weighted by atomic mass is 32.2. The fourth-order valence-corrected chi connectivity index (χ4v) is 1.72. The number of hydrogen-bond acceptors (Lipinski definition) is 2. The van der Waals surface area contributed by atoms with Crippen molar-refractivity contribution in [3.63, 3.8) is 0 Å². The second kappa shape index (κ2) is 6.26. The van der Waals surface area contributed by atoms with Crippen molar-refractivity contribution >= 4 is 15.9 Å². The third-order valence-electron chi connectivity index (χ3n) is 1.04. The molecule has 0 unspecified atom stereocenters. The summed E-state index contributed by atoms with van der Waals surface area (Å²) in [5.41, 5.74) is 0. The van der Waals surface area contributed by atoms with E-state index in [0.29, 0.717) is 0 Å². The largest absolute Gasteiger partial charge is 0.396 e. The van der Waals surface area contributed by atoms with Gasteiger partial charge < -0.3 is 10.2 Å². The summed E-state index contributed by atoms with van der Waals surface area (Å²) in [5.74, 6) is 1.61. The van der Waals surface area contributed by atoms with E-state index in [-0.39, 0.29) is 23.7 Å². The summed E-state index contributed by atoms with van der Waals surface area (Å²) in [5, 5.41) is 19.0. The monoisotopic (exact) mass is 150 g/mol. The quantitative estimate of drug-likeness (QED) is 0.556. The van der Waals surface area contributed by atoms with Crippen LogP contribution in [0, 0.1) is 0 Å². The van der Waals surface area contributed by atoms with Gasteiger partial charge in [-0.1, -0.05) is 5.37 Å². The molecule has 0 atom stereocenters. The zero-order chi connectivity index (χ0) is 7.11. The summed E-state index contributed by atoms with van der Waals surface area (Å²) in [7, 11) is 0.144. The van der Waals surface area contributed by atoms with Crippen molar-refractivity contribution in [1.82, 2.24) is 0 Å². The van der Waals surface area contributed by atoms with Crippen molar-refractivity contribution < 1.29 is 10.2 Å². The Labute approximate surface area is 58.4 Å². The third-order valence-corrected chi connectivity index (χ3v) is 3.12. The highest BCUT2D eigenvalue weighted by molar-refractivity contribution is 8.14. The Hall–Kier alpha value is 0.140. The first-order valence-corrected chi connectivity index (χ1v) is 4.65. The minimum absolute atomic E-state index is 0.144. The van der Waals surface area contributed by atoms with Crippen LogP contribution in [0.2, 0.25) is 0 Å². The molecule has 0 aliphatic heterocycles. The molecule has 0 amide bonds. The predicted octanol–water partition coefficient (Wildman–Crippen LogP) is 0.0620. The van der Waals surface area contributed by atoms with Gasteiger partial charge in [-0.25, -0.2) is 0 Å². The van der Waals surface area contributed by atoms with E-state index in [4.69, 9.17) is 10.2 Å². The van der Waals surface area contributed by atoms with E-state index in [9.17, 15) is 0 Å². The third kappa shape index (κ3) is 4.63. The summed E-state index contributed by atoms with van der Waals surface area (Å²) < 4.78 is 0. The number of hydrogen-bond donors (Lipinski definition) is 2. The summed E-state index contributed by atoms with van der Waals surface area (Å²) in [4.78, 5) is 0. The minimum atomic E-state index is 0.144. The summed E-state index contributed by atoms with van der Waals surface area (Å²) in [6.45, 7) is 2.43. The second-order valence-electron chi connectivity index (χ2n) is 1.63. The maximum atomic E-state index is 8.50. The van der Waals surface area contributed by atoms with E-state index in [1.165, 1.54) is 0 Å². The first-order valence-electron chi connectivity index (χ1n) is 3.02. The molecule has 0 rings (SSSR count). The van der Waals surface area contributed by atoms with Crippen LogP contribution in [-0.2, 0) is 0 Å². The van der Waals surface area contributed by atoms with Crippen LogP contribution in [0.5, 0.6) is 0 Å². The maximum Gasteiger partial charge on any atom is 0.0517 e. The Kier molecular flexibility index (Phi) is 6.36. The molecule has 0 aliphatic carbocycles. The van der Waals surface area contributed by atoms with Crippen LogP contribution in [0.3, 0.4) is 0 Å². The van der Waals surface area contributed by atoms with E-state index in [1.807, 2.05) is 12.3 Å². The van der Waals surface area contributed by atoms with E-state index >= 15 is 0 Å². The van der Waals surface area contributed by atoms with Crippen molar-refractivity contribution in [2.75, 3.05) is 24.7 Å². The lowest BCUT2D eigenvalue weighted by atomic mass is 10.9. The molecule has 2 N–H and O–H groups in total. The lowest BCUT2D eigenvalue weighted by molar-refractivity contribution is 0.318. The molecule has 0 bridgehead atoms. The van der Waals surface area contributed by atoms with E-state index in [0.717, 1.165) is 11.5 Å². The van der Waals surface area contributed by atoms with Crippen molar-refractivity contribution in [3.05, 3.63) is 0 Å². The average Bonchev–Trinajstić information content (AvgIpc) is 1.88. The topological polar surface area (TPSA) is 40.5 Å². The summed E-state index contributed by atoms with van der Waals surface area (Å²) in [6.07, 6.45) is 0. The molecule has 56 valence electrons. The fourth-order valence-electron chi connectivity index (χ4n) is 0.572. The maximum absolute atomic E-state index is 8.50. The lowest BCUT2D eigenvalue weighted by Gasteiger charge is -2.02. The van der Waals surface area contributed by atoms with Crippen molar-refractivity contribution in [2.24, 2.45) is 0 Å². The fraction of sp³-hybridized carbons (Fsp3) is 0.833. The molecule has 0 aromatic rings. The van der Waals surface area contributed by atoms with Gasteiger partial charge in [-0.15, -0.1) is 0 Å². The van der Waals surface area contributed by atoms with Crippen molar-refractivity contribution in [2.45, 2.75) is 6.92 Å². The molecule has 0 saturated carbocycles. The van der Waals surface area contributed by atoms with E-state index in [1.54, 1.807) is 0 Å². The second-order valence-corrected chi connectivity index (χ2v) is 3.99. The zero-order valence-corrected chi connectivity index (χ0v) is 6.52. The molecule has 0 radical (unpaired) electrons. The molecule has 0 saturated heterocycles. The molecular weight excluding hydrogens is 136 g/mol. The van der Waals surface area contributed by atoms with Gasteiger partial charge in [-0.2, -0.15) is 10.5 Å². The van der Waals surface area contributed by atoms with Gasteiger partial charge in [0.25, 0.3) is 0 Å². The Morgan fingerprint density at radius 2 is 1.67 bits per heavy atom. The minimum Gasteiger partial charge on any atom is -0.396 e. The Morgan fingerprint density at radius 3 is 1.89 bits per heavy atom. The standard InChI is InChI=1S/C6H14O2S/c1-2-9(5-3-7)6-4-8/h2,7-8H,3-6H2,1H3. The van der Waals surface area contributed by atoms with Crippen LogP contribution in [0.25, 0.3) is 0 Å². The van der Waals surface area contributed by atoms with Crippen LogP contribution in [0.4, 0.5) is 0 Å². The van der Waals surface area contributed by atoms with Crippen LogP contribution < -0.4 is 0 Å². The molecule has 0 spiro atoms. The van der Waals surface area contributed by atoms with Gasteiger partial charge in [0.15, 0.2) is 0 Å². The Balaban J connectivity index is 3.43. The van der Waals surface area contributed by atoms with Gasteiger partial charge in [0.1, 0.15) is 0 Å². The SMILES string of the molecule is CC=S(CCO)CCO. The van der Waals surface area contributed by atoms with Gasteiger partial charge >= 0.3 is 0 Å². The highest BCUT2D eigenvalue weighted by Gasteiger charge is 1.89. The molecule has 2 nitrogen and oxygen atoms in total. The van der Waals surface area contributed by atoms with Crippen molar-refractivity contribution in [3.8, 4) is 0 Å². The molecular formula is C6H14O2S. The molecule has 0 aliphatic rings. The van der Waals surface area contributed by atoms with Gasteiger partial charge in [-0.05, 0) is 6.92 Å². The summed E-state index contributed by atoms with van der Waals surface area (Å²) >= 11 is 0. The first-order chi connectivity index (χ1) is 4.35. The molecule has 3 heteroatoms. The molecule has 0 heterocycles. The van der Waals surface area contributed by atoms with Gasteiger partial charge in [0.05, 0.1) is 13.2 Å². The highest BCUT2D eigenvalue weighted by Crippen LogP contribution is 2.08. The lowest BCUT2D eigenvalue weighted by Crippen LogP contribution is -1.97. The van der Waals surface area contributed by atoms with Crippen LogP contribution in [-0.4, -0.2) is 40.3 Å².